The molecule has 1 fully saturated rings. The predicted molar refractivity (Wildman–Crippen MR) is 47.6 cm³/mol. The first kappa shape index (κ1) is 7.35. The molecule has 0 spiro atoms. The lowest BCUT2D eigenvalue weighted by Gasteiger charge is -2.31. The van der Waals surface area contributed by atoms with Gasteiger partial charge in [-0.15, -0.1) is 0 Å². The minimum atomic E-state index is 0.813. The number of hydrogen-bond acceptors (Lipinski definition) is 1. The Hall–Kier alpha value is -0.300. The Kier molecular flexibility index (Phi) is 2.27. The molecule has 1 aliphatic heterocycles. The first-order chi connectivity index (χ1) is 5.47. The molecular formula is C10H17N. The topological polar surface area (TPSA) is 3.24 Å². The standard InChI is InChI=1S/C10H17N/c1-2-4-9-11(8-3-1)10-6-5-7-10/h5-6,10H,1-4,7-9H2. The largest absolute Gasteiger partial charge is 0.297 e. The number of likely N-dealkylation sites (tertiary alicyclic amines) is 1. The highest BCUT2D eigenvalue weighted by Crippen LogP contribution is 2.20. The van der Waals surface area contributed by atoms with Gasteiger partial charge in [-0.25, -0.2) is 0 Å². The first-order valence-corrected chi connectivity index (χ1v) is 4.87. The third-order valence-electron chi connectivity index (χ3n) is 2.85. The van der Waals surface area contributed by atoms with Crippen molar-refractivity contribution in [2.45, 2.75) is 38.1 Å². The van der Waals surface area contributed by atoms with Crippen LogP contribution in [0.3, 0.4) is 0 Å². The number of nitrogens with zero attached hydrogens (tertiary/aromatic N) is 1. The van der Waals surface area contributed by atoms with Crippen molar-refractivity contribution in [2.75, 3.05) is 13.1 Å². The van der Waals surface area contributed by atoms with Gasteiger partial charge in [-0.3, -0.25) is 4.90 Å². The monoisotopic (exact) mass is 151 g/mol. The van der Waals surface area contributed by atoms with Crippen molar-refractivity contribution in [2.24, 2.45) is 0 Å². The highest BCUT2D eigenvalue weighted by Gasteiger charge is 2.19. The molecule has 0 bridgehead atoms. The lowest BCUT2D eigenvalue weighted by atomic mass is 10.0. The second-order valence-corrected chi connectivity index (χ2v) is 3.68. The molecule has 0 amide bonds. The van der Waals surface area contributed by atoms with Crippen LogP contribution >= 0.6 is 0 Å². The average molecular weight is 151 g/mol. The van der Waals surface area contributed by atoms with Crippen molar-refractivity contribution in [1.29, 1.82) is 0 Å². The van der Waals surface area contributed by atoms with E-state index in [0.717, 1.165) is 6.04 Å². The van der Waals surface area contributed by atoms with Gasteiger partial charge in [0, 0.05) is 6.04 Å². The fourth-order valence-corrected chi connectivity index (χ4v) is 1.96. The van der Waals surface area contributed by atoms with Crippen LogP contribution in [0, 0.1) is 0 Å². The summed E-state index contributed by atoms with van der Waals surface area (Å²) in [4.78, 5) is 2.65. The van der Waals surface area contributed by atoms with Crippen molar-refractivity contribution >= 4 is 0 Å². The maximum atomic E-state index is 2.65. The van der Waals surface area contributed by atoms with Crippen LogP contribution in [0.15, 0.2) is 12.2 Å². The molecule has 1 aliphatic carbocycles. The molecule has 1 heteroatoms. The van der Waals surface area contributed by atoms with Crippen LogP contribution in [0.1, 0.15) is 32.1 Å². The first-order valence-electron chi connectivity index (χ1n) is 4.87. The van der Waals surface area contributed by atoms with Crippen molar-refractivity contribution in [1.82, 2.24) is 4.90 Å². The zero-order valence-corrected chi connectivity index (χ0v) is 7.13. The Bertz CT molecular complexity index is 143. The molecular weight excluding hydrogens is 134 g/mol. The molecule has 0 N–H and O–H groups in total. The minimum absolute atomic E-state index is 0.813. The van der Waals surface area contributed by atoms with E-state index >= 15 is 0 Å². The molecule has 0 saturated carbocycles. The van der Waals surface area contributed by atoms with E-state index < -0.39 is 0 Å². The van der Waals surface area contributed by atoms with Crippen LogP contribution in [0.5, 0.6) is 0 Å². The predicted octanol–water partition coefficient (Wildman–Crippen LogP) is 2.19. The molecule has 1 nitrogen and oxygen atoms in total. The van der Waals surface area contributed by atoms with Gasteiger partial charge in [0.2, 0.25) is 0 Å². The van der Waals surface area contributed by atoms with E-state index in [-0.39, 0.29) is 0 Å². The van der Waals surface area contributed by atoms with Crippen LogP contribution in [0.2, 0.25) is 0 Å². The summed E-state index contributed by atoms with van der Waals surface area (Å²) in [6.45, 7) is 2.68. The van der Waals surface area contributed by atoms with E-state index in [1.54, 1.807) is 0 Å². The van der Waals surface area contributed by atoms with E-state index in [9.17, 15) is 0 Å². The van der Waals surface area contributed by atoms with Crippen LogP contribution in [-0.2, 0) is 0 Å². The second-order valence-electron chi connectivity index (χ2n) is 3.68. The fraction of sp³-hybridized carbons (Fsp3) is 0.800. The van der Waals surface area contributed by atoms with Crippen LogP contribution in [-0.4, -0.2) is 24.0 Å². The van der Waals surface area contributed by atoms with Gasteiger partial charge in [0.1, 0.15) is 0 Å². The van der Waals surface area contributed by atoms with Gasteiger partial charge in [-0.05, 0) is 32.4 Å². The van der Waals surface area contributed by atoms with Crippen LogP contribution in [0.4, 0.5) is 0 Å². The van der Waals surface area contributed by atoms with Gasteiger partial charge in [-0.1, -0.05) is 25.0 Å². The SMILES string of the molecule is C1=CC(N2CCCCCC2)C1. The molecule has 2 aliphatic rings. The van der Waals surface area contributed by atoms with Gasteiger partial charge < -0.3 is 0 Å². The van der Waals surface area contributed by atoms with Crippen molar-refractivity contribution in [3.8, 4) is 0 Å². The smallest absolute Gasteiger partial charge is 0.0312 e. The van der Waals surface area contributed by atoms with E-state index in [2.05, 4.69) is 17.1 Å². The van der Waals surface area contributed by atoms with Crippen molar-refractivity contribution in [3.63, 3.8) is 0 Å². The molecule has 1 heterocycles. The van der Waals surface area contributed by atoms with Crippen LogP contribution < -0.4 is 0 Å². The lowest BCUT2D eigenvalue weighted by molar-refractivity contribution is 0.227. The third-order valence-corrected chi connectivity index (χ3v) is 2.85. The summed E-state index contributed by atoms with van der Waals surface area (Å²) >= 11 is 0. The summed E-state index contributed by atoms with van der Waals surface area (Å²) in [6.07, 6.45) is 11.7. The van der Waals surface area contributed by atoms with Gasteiger partial charge in [0.25, 0.3) is 0 Å². The summed E-state index contributed by atoms with van der Waals surface area (Å²) in [5, 5.41) is 0. The Balaban J connectivity index is 1.85. The van der Waals surface area contributed by atoms with E-state index in [1.807, 2.05) is 0 Å². The van der Waals surface area contributed by atoms with Gasteiger partial charge in [-0.2, -0.15) is 0 Å². The van der Waals surface area contributed by atoms with Gasteiger partial charge >= 0.3 is 0 Å². The summed E-state index contributed by atoms with van der Waals surface area (Å²) in [5.41, 5.74) is 0. The molecule has 62 valence electrons. The van der Waals surface area contributed by atoms with Gasteiger partial charge in [0.05, 0.1) is 0 Å². The quantitative estimate of drug-likeness (QED) is 0.519. The third kappa shape index (κ3) is 1.64. The van der Waals surface area contributed by atoms with E-state index in [4.69, 9.17) is 0 Å². The lowest BCUT2D eigenvalue weighted by Crippen LogP contribution is -2.37. The number of hydrogen-bond donors (Lipinski definition) is 0. The Morgan fingerprint density at radius 1 is 1.00 bits per heavy atom. The molecule has 2 rings (SSSR count). The summed E-state index contributed by atoms with van der Waals surface area (Å²) < 4.78 is 0. The fourth-order valence-electron chi connectivity index (χ4n) is 1.96. The summed E-state index contributed by atoms with van der Waals surface area (Å²) in [7, 11) is 0. The van der Waals surface area contributed by atoms with Crippen molar-refractivity contribution in [3.05, 3.63) is 12.2 Å². The van der Waals surface area contributed by atoms with Crippen molar-refractivity contribution < 1.29 is 0 Å². The maximum absolute atomic E-state index is 2.65. The van der Waals surface area contributed by atoms with Crippen LogP contribution in [0.25, 0.3) is 0 Å². The zero-order valence-electron chi connectivity index (χ0n) is 7.13. The summed E-state index contributed by atoms with van der Waals surface area (Å²) in [6, 6.07) is 0.813. The maximum Gasteiger partial charge on any atom is 0.0312 e. The Labute approximate surface area is 69.1 Å². The highest BCUT2D eigenvalue weighted by molar-refractivity contribution is 5.07. The van der Waals surface area contributed by atoms with Gasteiger partial charge in [0.15, 0.2) is 0 Å². The highest BCUT2D eigenvalue weighted by atomic mass is 15.2. The molecule has 0 aromatic rings. The minimum Gasteiger partial charge on any atom is -0.297 e. The Morgan fingerprint density at radius 3 is 2.09 bits per heavy atom. The molecule has 1 saturated heterocycles. The average Bonchev–Trinajstić information content (AvgIpc) is 2.12. The second kappa shape index (κ2) is 3.40. The number of rotatable bonds is 1. The van der Waals surface area contributed by atoms with E-state index in [1.165, 1.54) is 45.2 Å². The normalized spacial score (nSPS) is 32.9. The zero-order chi connectivity index (χ0) is 7.52. The molecule has 1 unspecified atom stereocenters. The molecule has 1 atom stereocenters. The summed E-state index contributed by atoms with van der Waals surface area (Å²) in [5.74, 6) is 0. The Morgan fingerprint density at radius 2 is 1.64 bits per heavy atom. The van der Waals surface area contributed by atoms with E-state index in [0.29, 0.717) is 0 Å². The molecule has 0 radical (unpaired) electrons. The molecule has 0 aromatic carbocycles. The molecule has 11 heavy (non-hydrogen) atoms. The molecule has 0 aromatic heterocycles.